The summed E-state index contributed by atoms with van der Waals surface area (Å²) in [5.41, 5.74) is 0.0645. The molecule has 4 nitrogen and oxygen atoms in total. The molecule has 2 aliphatic carbocycles. The molecular formula is C16H30IN3O. The number of hydrogen-bond donors (Lipinski definition) is 2. The second kappa shape index (κ2) is 7.02. The number of nitrogens with one attached hydrogen (secondary N) is 1. The van der Waals surface area contributed by atoms with E-state index in [0.717, 1.165) is 44.9 Å². The Kier molecular flexibility index (Phi) is 5.79. The number of aliphatic hydroxyl groups is 1. The Morgan fingerprint density at radius 2 is 1.86 bits per heavy atom. The highest BCUT2D eigenvalue weighted by molar-refractivity contribution is 14.0. The number of hydrogen-bond acceptors (Lipinski definition) is 2. The van der Waals surface area contributed by atoms with Gasteiger partial charge in [-0.1, -0.05) is 12.8 Å². The molecule has 3 fully saturated rings. The fraction of sp³-hybridized carbons (Fsp3) is 0.938. The van der Waals surface area contributed by atoms with Crippen LogP contribution in [0.3, 0.4) is 0 Å². The molecule has 0 amide bonds. The van der Waals surface area contributed by atoms with Crippen molar-refractivity contribution in [2.45, 2.75) is 63.9 Å². The maximum atomic E-state index is 10.2. The zero-order chi connectivity index (χ0) is 14.1. The van der Waals surface area contributed by atoms with Crippen molar-refractivity contribution in [1.82, 2.24) is 10.2 Å². The molecule has 1 aliphatic heterocycles. The van der Waals surface area contributed by atoms with E-state index in [4.69, 9.17) is 4.99 Å². The van der Waals surface area contributed by atoms with Gasteiger partial charge in [-0.3, -0.25) is 4.99 Å². The molecule has 2 N–H and O–H groups in total. The van der Waals surface area contributed by atoms with Crippen molar-refractivity contribution in [2.24, 2.45) is 10.4 Å². The monoisotopic (exact) mass is 407 g/mol. The van der Waals surface area contributed by atoms with Crippen LogP contribution in [0.5, 0.6) is 0 Å². The summed E-state index contributed by atoms with van der Waals surface area (Å²) in [7, 11) is 0. The first kappa shape index (κ1) is 17.3. The fourth-order valence-electron chi connectivity index (χ4n) is 4.04. The van der Waals surface area contributed by atoms with Crippen LogP contribution in [0, 0.1) is 5.41 Å². The second-order valence-corrected chi connectivity index (χ2v) is 7.13. The molecule has 0 atom stereocenters. The molecule has 1 spiro atoms. The quantitative estimate of drug-likeness (QED) is 0.430. The van der Waals surface area contributed by atoms with Crippen LogP contribution in [0.15, 0.2) is 4.99 Å². The van der Waals surface area contributed by atoms with Crippen molar-refractivity contribution in [1.29, 1.82) is 0 Å². The van der Waals surface area contributed by atoms with E-state index in [1.54, 1.807) is 0 Å². The molecule has 0 aromatic carbocycles. The molecule has 3 rings (SSSR count). The largest absolute Gasteiger partial charge is 0.388 e. The van der Waals surface area contributed by atoms with Crippen LogP contribution in [-0.2, 0) is 0 Å². The first-order valence-corrected chi connectivity index (χ1v) is 8.41. The molecule has 0 aromatic heterocycles. The van der Waals surface area contributed by atoms with Gasteiger partial charge in [0.05, 0.1) is 12.1 Å². The van der Waals surface area contributed by atoms with E-state index in [1.165, 1.54) is 32.1 Å². The average Bonchev–Trinajstić information content (AvgIpc) is 3.03. The molecule has 0 bridgehead atoms. The fourth-order valence-corrected chi connectivity index (χ4v) is 4.04. The van der Waals surface area contributed by atoms with Crippen molar-refractivity contribution in [3.63, 3.8) is 0 Å². The number of aliphatic imine (C=N–C) groups is 1. The van der Waals surface area contributed by atoms with Crippen molar-refractivity contribution in [3.05, 3.63) is 0 Å². The molecule has 1 saturated heterocycles. The molecule has 1 heterocycles. The Morgan fingerprint density at radius 3 is 2.43 bits per heavy atom. The van der Waals surface area contributed by atoms with E-state index in [2.05, 4.69) is 17.1 Å². The minimum atomic E-state index is -0.508. The molecule has 0 unspecified atom stereocenters. The van der Waals surface area contributed by atoms with Crippen molar-refractivity contribution in [3.8, 4) is 0 Å². The van der Waals surface area contributed by atoms with Crippen LogP contribution < -0.4 is 5.32 Å². The van der Waals surface area contributed by atoms with Gasteiger partial charge in [0.15, 0.2) is 5.96 Å². The number of halogens is 1. The van der Waals surface area contributed by atoms with E-state index in [0.29, 0.717) is 12.0 Å². The summed E-state index contributed by atoms with van der Waals surface area (Å²) >= 11 is 0. The average molecular weight is 407 g/mol. The lowest BCUT2D eigenvalue weighted by molar-refractivity contribution is -0.0237. The number of likely N-dealkylation sites (tertiary alicyclic amines) is 1. The number of nitrogens with zero attached hydrogens (tertiary/aromatic N) is 2. The summed E-state index contributed by atoms with van der Waals surface area (Å²) < 4.78 is 0. The summed E-state index contributed by atoms with van der Waals surface area (Å²) in [5, 5.41) is 13.6. The van der Waals surface area contributed by atoms with Crippen molar-refractivity contribution in [2.75, 3.05) is 26.2 Å². The van der Waals surface area contributed by atoms with Crippen LogP contribution >= 0.6 is 24.0 Å². The summed E-state index contributed by atoms with van der Waals surface area (Å²) in [6, 6.07) is 0. The SMILES string of the molecule is CCNC(=NCC1(O)CCC1)N1CCC2(CCCC2)C1.I. The molecule has 3 aliphatic rings. The topological polar surface area (TPSA) is 47.9 Å². The van der Waals surface area contributed by atoms with Gasteiger partial charge in [0.25, 0.3) is 0 Å². The second-order valence-electron chi connectivity index (χ2n) is 7.13. The molecule has 21 heavy (non-hydrogen) atoms. The van der Waals surface area contributed by atoms with E-state index in [9.17, 15) is 5.11 Å². The Bertz CT molecular complexity index is 376. The van der Waals surface area contributed by atoms with E-state index < -0.39 is 5.60 Å². The smallest absolute Gasteiger partial charge is 0.194 e. The van der Waals surface area contributed by atoms with Crippen LogP contribution in [0.25, 0.3) is 0 Å². The standard InChI is InChI=1S/C16H29N3O.HI/c1-2-17-14(18-12-16(20)8-5-9-16)19-11-10-15(13-19)6-3-4-7-15;/h20H,2-13H2,1H3,(H,17,18);1H. The molecular weight excluding hydrogens is 377 g/mol. The van der Waals surface area contributed by atoms with Gasteiger partial charge in [-0.05, 0) is 50.9 Å². The molecule has 0 radical (unpaired) electrons. The summed E-state index contributed by atoms with van der Waals surface area (Å²) in [5.74, 6) is 1.02. The van der Waals surface area contributed by atoms with Crippen molar-refractivity contribution >= 4 is 29.9 Å². The van der Waals surface area contributed by atoms with Crippen LogP contribution in [0.4, 0.5) is 0 Å². The highest BCUT2D eigenvalue weighted by Gasteiger charge is 2.41. The Labute approximate surface area is 145 Å². The third-order valence-corrected chi connectivity index (χ3v) is 5.54. The maximum Gasteiger partial charge on any atom is 0.194 e. The van der Waals surface area contributed by atoms with E-state index in [-0.39, 0.29) is 24.0 Å². The third-order valence-electron chi connectivity index (χ3n) is 5.54. The lowest BCUT2D eigenvalue weighted by atomic mass is 9.80. The van der Waals surface area contributed by atoms with Gasteiger partial charge in [-0.15, -0.1) is 24.0 Å². The van der Waals surface area contributed by atoms with E-state index >= 15 is 0 Å². The molecule has 0 aromatic rings. The maximum absolute atomic E-state index is 10.2. The molecule has 2 saturated carbocycles. The predicted octanol–water partition coefficient (Wildman–Crippen LogP) is 2.75. The van der Waals surface area contributed by atoms with Crippen molar-refractivity contribution < 1.29 is 5.11 Å². The van der Waals surface area contributed by atoms with Crippen LogP contribution in [-0.4, -0.2) is 47.7 Å². The normalized spacial score (nSPS) is 26.6. The summed E-state index contributed by atoms with van der Waals surface area (Å²) in [4.78, 5) is 7.15. The minimum Gasteiger partial charge on any atom is -0.388 e. The van der Waals surface area contributed by atoms with Gasteiger partial charge in [-0.2, -0.15) is 0 Å². The number of guanidine groups is 1. The first-order chi connectivity index (χ1) is 9.65. The zero-order valence-electron chi connectivity index (χ0n) is 13.2. The van der Waals surface area contributed by atoms with Gasteiger partial charge in [-0.25, -0.2) is 0 Å². The summed E-state index contributed by atoms with van der Waals surface area (Å²) in [6.07, 6.45) is 9.90. The van der Waals surface area contributed by atoms with Gasteiger partial charge in [0.1, 0.15) is 0 Å². The summed E-state index contributed by atoms with van der Waals surface area (Å²) in [6.45, 7) is 5.89. The first-order valence-electron chi connectivity index (χ1n) is 8.41. The third kappa shape index (κ3) is 3.84. The lowest BCUT2D eigenvalue weighted by Crippen LogP contribution is -2.44. The minimum absolute atomic E-state index is 0. The number of rotatable bonds is 3. The Hall–Kier alpha value is -0.0400. The Balaban J connectivity index is 0.00000161. The van der Waals surface area contributed by atoms with Gasteiger partial charge in [0.2, 0.25) is 0 Å². The highest BCUT2D eigenvalue weighted by atomic mass is 127. The van der Waals surface area contributed by atoms with Gasteiger partial charge >= 0.3 is 0 Å². The van der Waals surface area contributed by atoms with Gasteiger partial charge in [0, 0.05) is 19.6 Å². The predicted molar refractivity (Wildman–Crippen MR) is 97.3 cm³/mol. The zero-order valence-corrected chi connectivity index (χ0v) is 15.6. The lowest BCUT2D eigenvalue weighted by Gasteiger charge is -2.35. The van der Waals surface area contributed by atoms with E-state index in [1.807, 2.05) is 0 Å². The Morgan fingerprint density at radius 1 is 1.14 bits per heavy atom. The molecule has 122 valence electrons. The van der Waals surface area contributed by atoms with Crippen LogP contribution in [0.2, 0.25) is 0 Å². The highest BCUT2D eigenvalue weighted by Crippen LogP contribution is 2.45. The van der Waals surface area contributed by atoms with Gasteiger partial charge < -0.3 is 15.3 Å². The van der Waals surface area contributed by atoms with Crippen LogP contribution in [0.1, 0.15) is 58.3 Å². The molecule has 5 heteroatoms.